The lowest BCUT2D eigenvalue weighted by molar-refractivity contribution is 0.312. The zero-order valence-electron chi connectivity index (χ0n) is 18.2. The molecular formula is C22H32BrN5O2. The molecule has 0 bridgehead atoms. The third-order valence-corrected chi connectivity index (χ3v) is 6.45. The number of hydrogen-bond acceptors (Lipinski definition) is 7. The van der Waals surface area contributed by atoms with Gasteiger partial charge in [-0.2, -0.15) is 4.98 Å². The number of nitrogen functional groups attached to an aromatic ring is 1. The number of aromatic nitrogens is 2. The van der Waals surface area contributed by atoms with Gasteiger partial charge in [-0.25, -0.2) is 4.98 Å². The molecule has 2 aromatic rings. The van der Waals surface area contributed by atoms with E-state index in [2.05, 4.69) is 37.3 Å². The Morgan fingerprint density at radius 1 is 1.13 bits per heavy atom. The van der Waals surface area contributed by atoms with Crippen molar-refractivity contribution >= 4 is 27.7 Å². The number of nitrogens with one attached hydrogen (secondary N) is 1. The summed E-state index contributed by atoms with van der Waals surface area (Å²) in [7, 11) is 7.36. The maximum atomic E-state index is 5.79. The molecule has 1 saturated carbocycles. The largest absolute Gasteiger partial charge is 0.496 e. The Kier molecular flexibility index (Phi) is 7.77. The maximum Gasteiger partial charge on any atom is 0.221 e. The second-order valence-electron chi connectivity index (χ2n) is 8.05. The first-order valence-corrected chi connectivity index (χ1v) is 11.1. The number of methoxy groups -OCH3 is 2. The molecule has 8 heteroatoms. The van der Waals surface area contributed by atoms with Crippen LogP contribution < -0.4 is 25.4 Å². The fourth-order valence-electron chi connectivity index (χ4n) is 4.19. The normalized spacial score (nSPS) is 18.8. The van der Waals surface area contributed by atoms with E-state index in [1.54, 1.807) is 14.2 Å². The summed E-state index contributed by atoms with van der Waals surface area (Å²) in [6.45, 7) is 1.76. The highest BCUT2D eigenvalue weighted by molar-refractivity contribution is 9.10. The van der Waals surface area contributed by atoms with Gasteiger partial charge in [-0.1, -0.05) is 0 Å². The van der Waals surface area contributed by atoms with Gasteiger partial charge >= 0.3 is 0 Å². The Balaban J connectivity index is 1.53. The first kappa shape index (κ1) is 22.6. The minimum atomic E-state index is 0.334. The fraction of sp³-hybridized carbons (Fsp3) is 0.545. The fourth-order valence-corrected chi connectivity index (χ4v) is 4.74. The van der Waals surface area contributed by atoms with Gasteiger partial charge in [-0.3, -0.25) is 0 Å². The lowest BCUT2D eigenvalue weighted by Gasteiger charge is -2.30. The van der Waals surface area contributed by atoms with E-state index in [-0.39, 0.29) is 0 Å². The van der Waals surface area contributed by atoms with E-state index in [9.17, 15) is 0 Å². The molecular weight excluding hydrogens is 446 g/mol. The van der Waals surface area contributed by atoms with Crippen LogP contribution in [0, 0.1) is 5.92 Å². The van der Waals surface area contributed by atoms with Crippen LogP contribution in [-0.2, 0) is 6.54 Å². The lowest BCUT2D eigenvalue weighted by atomic mass is 9.79. The van der Waals surface area contributed by atoms with Crippen LogP contribution in [0.4, 0.5) is 11.8 Å². The molecule has 0 amide bonds. The summed E-state index contributed by atoms with van der Waals surface area (Å²) < 4.78 is 11.8. The van der Waals surface area contributed by atoms with Gasteiger partial charge in [-0.15, -0.1) is 0 Å². The van der Waals surface area contributed by atoms with Crippen molar-refractivity contribution in [2.45, 2.75) is 38.1 Å². The van der Waals surface area contributed by atoms with Gasteiger partial charge in [0.15, 0.2) is 0 Å². The van der Waals surface area contributed by atoms with Crippen LogP contribution in [0.1, 0.15) is 42.7 Å². The van der Waals surface area contributed by atoms with E-state index < -0.39 is 0 Å². The Morgan fingerprint density at radius 3 is 2.47 bits per heavy atom. The van der Waals surface area contributed by atoms with E-state index in [4.69, 9.17) is 15.2 Å². The summed E-state index contributed by atoms with van der Waals surface area (Å²) in [6, 6.07) is 3.98. The molecule has 0 aliphatic heterocycles. The Bertz CT molecular complexity index is 854. The number of halogens is 1. The summed E-state index contributed by atoms with van der Waals surface area (Å²) in [4.78, 5) is 10.7. The van der Waals surface area contributed by atoms with Gasteiger partial charge in [0.05, 0.1) is 18.7 Å². The first-order valence-electron chi connectivity index (χ1n) is 10.3. The van der Waals surface area contributed by atoms with Gasteiger partial charge in [0, 0.05) is 44.0 Å². The first-order chi connectivity index (χ1) is 14.4. The van der Waals surface area contributed by atoms with E-state index in [1.165, 1.54) is 18.4 Å². The van der Waals surface area contributed by atoms with Crippen LogP contribution in [0.2, 0.25) is 0 Å². The second-order valence-corrected chi connectivity index (χ2v) is 8.90. The van der Waals surface area contributed by atoms with Gasteiger partial charge in [0.1, 0.15) is 17.3 Å². The molecule has 1 heterocycles. The van der Waals surface area contributed by atoms with Crippen LogP contribution in [0.15, 0.2) is 22.8 Å². The molecule has 30 heavy (non-hydrogen) atoms. The zero-order valence-corrected chi connectivity index (χ0v) is 19.8. The van der Waals surface area contributed by atoms with E-state index >= 15 is 0 Å². The van der Waals surface area contributed by atoms with Crippen LogP contribution in [-0.4, -0.2) is 44.8 Å². The number of hydrogen-bond donors (Lipinski definition) is 2. The highest BCUT2D eigenvalue weighted by Gasteiger charge is 2.25. The van der Waals surface area contributed by atoms with Crippen LogP contribution in [0.5, 0.6) is 11.5 Å². The Hall–Kier alpha value is -2.06. The Labute approximate surface area is 187 Å². The molecule has 1 aliphatic carbocycles. The van der Waals surface area contributed by atoms with Gasteiger partial charge < -0.3 is 25.4 Å². The smallest absolute Gasteiger partial charge is 0.221 e. The maximum absolute atomic E-state index is 5.79. The third kappa shape index (κ3) is 5.35. The van der Waals surface area contributed by atoms with Crippen molar-refractivity contribution in [3.8, 4) is 11.5 Å². The van der Waals surface area contributed by atoms with Gasteiger partial charge in [0.2, 0.25) is 5.95 Å². The summed E-state index contributed by atoms with van der Waals surface area (Å²) in [5.74, 6) is 4.06. The molecule has 1 aromatic heterocycles. The molecule has 0 atom stereocenters. The minimum absolute atomic E-state index is 0.334. The monoisotopic (exact) mass is 477 g/mol. The van der Waals surface area contributed by atoms with E-state index in [1.807, 2.05) is 31.3 Å². The molecule has 0 spiro atoms. The van der Waals surface area contributed by atoms with Crippen molar-refractivity contribution in [1.82, 2.24) is 15.3 Å². The average Bonchev–Trinajstić information content (AvgIpc) is 2.74. The lowest BCUT2D eigenvalue weighted by Crippen LogP contribution is -2.26. The molecule has 0 radical (unpaired) electrons. The SMILES string of the molecule is COc1cc(OC)c(CNC[C@H]2CC[C@@H](c3cnc(N)nc3N(C)C)CC2)cc1Br. The molecule has 0 saturated heterocycles. The standard InChI is InChI=1S/C22H32BrN5O2/c1-28(2)21-17(13-26-22(24)27-21)15-7-5-14(6-8-15)11-25-12-16-9-18(23)20(30-4)10-19(16)29-3/h9-10,13-15,25H,5-8,11-12H2,1-4H3,(H2,24,26,27)/t14-,15+. The second kappa shape index (κ2) is 10.3. The third-order valence-electron chi connectivity index (χ3n) is 5.83. The number of benzene rings is 1. The summed E-state index contributed by atoms with van der Waals surface area (Å²) in [6.07, 6.45) is 6.60. The van der Waals surface area contributed by atoms with Gasteiger partial charge in [-0.05, 0) is 66.1 Å². The summed E-state index contributed by atoms with van der Waals surface area (Å²) >= 11 is 3.56. The van der Waals surface area contributed by atoms with Crippen molar-refractivity contribution in [1.29, 1.82) is 0 Å². The van der Waals surface area contributed by atoms with Crippen molar-refractivity contribution in [2.24, 2.45) is 5.92 Å². The van der Waals surface area contributed by atoms with Crippen LogP contribution in [0.3, 0.4) is 0 Å². The van der Waals surface area contributed by atoms with E-state index in [0.29, 0.717) is 17.8 Å². The van der Waals surface area contributed by atoms with Gasteiger partial charge in [0.25, 0.3) is 0 Å². The highest BCUT2D eigenvalue weighted by atomic mass is 79.9. The number of rotatable bonds is 8. The van der Waals surface area contributed by atoms with Crippen LogP contribution in [0.25, 0.3) is 0 Å². The molecule has 3 N–H and O–H groups in total. The highest BCUT2D eigenvalue weighted by Crippen LogP contribution is 2.38. The molecule has 7 nitrogen and oxygen atoms in total. The summed E-state index contributed by atoms with van der Waals surface area (Å²) in [5, 5.41) is 3.61. The predicted molar refractivity (Wildman–Crippen MR) is 124 cm³/mol. The number of ether oxygens (including phenoxy) is 2. The summed E-state index contributed by atoms with van der Waals surface area (Å²) in [5.41, 5.74) is 8.12. The minimum Gasteiger partial charge on any atom is -0.496 e. The van der Waals surface area contributed by atoms with E-state index in [0.717, 1.165) is 53.3 Å². The number of anilines is 2. The topological polar surface area (TPSA) is 85.5 Å². The molecule has 1 aromatic carbocycles. The zero-order chi connectivity index (χ0) is 21.7. The molecule has 1 aliphatic rings. The number of nitrogens with two attached hydrogens (primary N) is 1. The number of nitrogens with zero attached hydrogens (tertiary/aromatic N) is 3. The molecule has 164 valence electrons. The molecule has 1 fully saturated rings. The average molecular weight is 478 g/mol. The Morgan fingerprint density at radius 2 is 1.83 bits per heavy atom. The molecule has 3 rings (SSSR count). The van der Waals surface area contributed by atoms with Crippen molar-refractivity contribution in [3.05, 3.63) is 33.9 Å². The quantitative estimate of drug-likeness (QED) is 0.594. The molecule has 0 unspecified atom stereocenters. The van der Waals surface area contributed by atoms with Crippen molar-refractivity contribution in [2.75, 3.05) is 45.5 Å². The van der Waals surface area contributed by atoms with Crippen molar-refractivity contribution in [3.63, 3.8) is 0 Å². The van der Waals surface area contributed by atoms with Crippen molar-refractivity contribution < 1.29 is 9.47 Å². The predicted octanol–water partition coefficient (Wildman–Crippen LogP) is 3.97. The van der Waals surface area contributed by atoms with Crippen LogP contribution >= 0.6 is 15.9 Å².